The van der Waals surface area contributed by atoms with E-state index in [1.807, 2.05) is 36.7 Å². The number of benzene rings is 2. The van der Waals surface area contributed by atoms with E-state index in [-0.39, 0.29) is 11.3 Å². The number of aromatic nitrogens is 2. The number of nitrogens with zero attached hydrogens (tertiary/aromatic N) is 3. The molecule has 0 saturated heterocycles. The quantitative estimate of drug-likeness (QED) is 0.731. The van der Waals surface area contributed by atoms with Crippen molar-refractivity contribution in [3.05, 3.63) is 78.4 Å². The maximum absolute atomic E-state index is 6.18. The standard InChI is InChI=1S/C21H20N4OS/c1-26-19-8-3-2-7-17(19)20-10-18(25-21(22)27-20)15-6-4-5-14(9-15)16-11-23-13-24-12-16/h2-9,11-13,18,20H,10H2,1H3,(H2,22,25)/t18-,20-/m0/s1. The van der Waals surface area contributed by atoms with Crippen LogP contribution in [-0.2, 0) is 0 Å². The van der Waals surface area contributed by atoms with Crippen molar-refractivity contribution >= 4 is 16.9 Å². The Hall–Kier alpha value is -2.86. The van der Waals surface area contributed by atoms with Gasteiger partial charge in [0.1, 0.15) is 12.1 Å². The summed E-state index contributed by atoms with van der Waals surface area (Å²) >= 11 is 1.60. The van der Waals surface area contributed by atoms with E-state index in [1.165, 1.54) is 6.33 Å². The molecule has 1 aliphatic heterocycles. The van der Waals surface area contributed by atoms with Crippen LogP contribution in [0.2, 0.25) is 0 Å². The van der Waals surface area contributed by atoms with Gasteiger partial charge in [-0.15, -0.1) is 0 Å². The van der Waals surface area contributed by atoms with Crippen molar-refractivity contribution in [1.29, 1.82) is 0 Å². The van der Waals surface area contributed by atoms with Gasteiger partial charge in [-0.05, 0) is 29.7 Å². The summed E-state index contributed by atoms with van der Waals surface area (Å²) in [5.74, 6) is 0.888. The number of hydrogen-bond donors (Lipinski definition) is 1. The zero-order valence-electron chi connectivity index (χ0n) is 14.9. The van der Waals surface area contributed by atoms with Crippen LogP contribution in [0.1, 0.15) is 28.8 Å². The van der Waals surface area contributed by atoms with Crippen LogP contribution in [0, 0.1) is 0 Å². The highest BCUT2D eigenvalue weighted by molar-refractivity contribution is 8.14. The zero-order valence-corrected chi connectivity index (χ0v) is 15.8. The lowest BCUT2D eigenvalue weighted by Crippen LogP contribution is -2.19. The topological polar surface area (TPSA) is 73.4 Å². The average molecular weight is 376 g/mol. The number of aliphatic imine (C=N–C) groups is 1. The summed E-state index contributed by atoms with van der Waals surface area (Å²) in [5.41, 5.74) is 10.5. The molecule has 0 bridgehead atoms. The van der Waals surface area contributed by atoms with Gasteiger partial charge in [0.25, 0.3) is 0 Å². The maximum Gasteiger partial charge on any atom is 0.155 e. The van der Waals surface area contributed by atoms with Crippen molar-refractivity contribution in [2.45, 2.75) is 17.7 Å². The van der Waals surface area contributed by atoms with E-state index in [4.69, 9.17) is 15.5 Å². The number of ether oxygens (including phenoxy) is 1. The predicted octanol–water partition coefficient (Wildman–Crippen LogP) is 4.39. The Balaban J connectivity index is 1.65. The van der Waals surface area contributed by atoms with Gasteiger partial charge in [0.05, 0.1) is 13.2 Å². The summed E-state index contributed by atoms with van der Waals surface area (Å²) in [6, 6.07) is 16.5. The highest BCUT2D eigenvalue weighted by Crippen LogP contribution is 2.45. The lowest BCUT2D eigenvalue weighted by Gasteiger charge is -2.27. The van der Waals surface area contributed by atoms with Gasteiger partial charge in [0.15, 0.2) is 5.17 Å². The predicted molar refractivity (Wildman–Crippen MR) is 110 cm³/mol. The van der Waals surface area contributed by atoms with E-state index in [1.54, 1.807) is 18.9 Å². The van der Waals surface area contributed by atoms with Crippen LogP contribution in [0.3, 0.4) is 0 Å². The van der Waals surface area contributed by atoms with E-state index in [9.17, 15) is 0 Å². The highest BCUT2D eigenvalue weighted by Gasteiger charge is 2.28. The van der Waals surface area contributed by atoms with Crippen LogP contribution in [0.5, 0.6) is 5.75 Å². The normalized spacial score (nSPS) is 19.4. The van der Waals surface area contributed by atoms with E-state index in [0.29, 0.717) is 5.17 Å². The van der Waals surface area contributed by atoms with Gasteiger partial charge in [0, 0.05) is 28.8 Å². The summed E-state index contributed by atoms with van der Waals surface area (Å²) in [5, 5.41) is 0.808. The van der Waals surface area contributed by atoms with Crippen molar-refractivity contribution in [2.75, 3.05) is 7.11 Å². The Morgan fingerprint density at radius 3 is 2.67 bits per heavy atom. The minimum absolute atomic E-state index is 0.00532. The number of rotatable bonds is 4. The Labute approximate surface area is 162 Å². The molecule has 0 radical (unpaired) electrons. The second-order valence-electron chi connectivity index (χ2n) is 6.32. The van der Waals surface area contributed by atoms with Gasteiger partial charge in [0.2, 0.25) is 0 Å². The molecule has 0 aliphatic carbocycles. The molecule has 0 fully saturated rings. The van der Waals surface area contributed by atoms with Gasteiger partial charge in [-0.25, -0.2) is 9.97 Å². The molecule has 2 N–H and O–H groups in total. The zero-order chi connectivity index (χ0) is 18.6. The van der Waals surface area contributed by atoms with Crippen LogP contribution < -0.4 is 10.5 Å². The summed E-state index contributed by atoms with van der Waals surface area (Å²) in [7, 11) is 1.70. The van der Waals surface area contributed by atoms with Crippen molar-refractivity contribution in [3.8, 4) is 16.9 Å². The summed E-state index contributed by atoms with van der Waals surface area (Å²) in [6.45, 7) is 0. The smallest absolute Gasteiger partial charge is 0.155 e. The Bertz CT molecular complexity index is 961. The number of amidine groups is 1. The molecule has 136 valence electrons. The molecule has 4 rings (SSSR count). The molecule has 1 aromatic heterocycles. The fourth-order valence-corrected chi connectivity index (χ4v) is 4.42. The molecule has 2 atom stereocenters. The molecule has 0 spiro atoms. The Morgan fingerprint density at radius 2 is 1.85 bits per heavy atom. The van der Waals surface area contributed by atoms with Gasteiger partial charge in [-0.2, -0.15) is 0 Å². The molecule has 1 aliphatic rings. The van der Waals surface area contributed by atoms with E-state index < -0.39 is 0 Å². The largest absolute Gasteiger partial charge is 0.496 e. The second-order valence-corrected chi connectivity index (χ2v) is 7.54. The first kappa shape index (κ1) is 17.5. The van der Waals surface area contributed by atoms with Crippen LogP contribution in [0.15, 0.2) is 72.2 Å². The third kappa shape index (κ3) is 3.80. The van der Waals surface area contributed by atoms with Crippen molar-refractivity contribution in [3.63, 3.8) is 0 Å². The first-order chi connectivity index (χ1) is 13.2. The molecule has 2 aromatic carbocycles. The summed E-state index contributed by atoms with van der Waals surface area (Å²) < 4.78 is 5.54. The Kier molecular flexibility index (Phi) is 5.07. The summed E-state index contributed by atoms with van der Waals surface area (Å²) in [4.78, 5) is 12.9. The number of para-hydroxylation sites is 1. The molecule has 0 unspecified atom stereocenters. The van der Waals surface area contributed by atoms with Crippen molar-refractivity contribution in [1.82, 2.24) is 9.97 Å². The minimum atomic E-state index is 0.00532. The number of nitrogens with two attached hydrogens (primary N) is 1. The molecule has 5 nitrogen and oxygen atoms in total. The van der Waals surface area contributed by atoms with E-state index in [0.717, 1.165) is 34.4 Å². The maximum atomic E-state index is 6.18. The lowest BCUT2D eigenvalue weighted by molar-refractivity contribution is 0.408. The number of hydrogen-bond acceptors (Lipinski definition) is 6. The van der Waals surface area contributed by atoms with Crippen LogP contribution in [-0.4, -0.2) is 22.2 Å². The van der Waals surface area contributed by atoms with Crippen LogP contribution in [0.25, 0.3) is 11.1 Å². The van der Waals surface area contributed by atoms with Gasteiger partial charge >= 0.3 is 0 Å². The fourth-order valence-electron chi connectivity index (χ4n) is 3.34. The average Bonchev–Trinajstić information content (AvgIpc) is 2.74. The van der Waals surface area contributed by atoms with Gasteiger partial charge in [-0.3, -0.25) is 4.99 Å². The summed E-state index contributed by atoms with van der Waals surface area (Å²) in [6.07, 6.45) is 6.03. The molecular formula is C21H20N4OS. The minimum Gasteiger partial charge on any atom is -0.496 e. The van der Waals surface area contributed by atoms with E-state index >= 15 is 0 Å². The SMILES string of the molecule is COc1ccccc1[C@@H]1C[C@@H](c2cccc(-c3cncnc3)c2)N=C(N)S1. The van der Waals surface area contributed by atoms with Crippen molar-refractivity contribution < 1.29 is 4.74 Å². The van der Waals surface area contributed by atoms with Gasteiger partial charge in [-0.1, -0.05) is 48.2 Å². The number of methoxy groups -OCH3 is 1. The third-order valence-electron chi connectivity index (χ3n) is 4.63. The molecule has 0 amide bonds. The Morgan fingerprint density at radius 1 is 1.04 bits per heavy atom. The fraction of sp³-hybridized carbons (Fsp3) is 0.190. The van der Waals surface area contributed by atoms with E-state index in [2.05, 4.69) is 34.2 Å². The second kappa shape index (κ2) is 7.80. The first-order valence-corrected chi connectivity index (χ1v) is 9.61. The third-order valence-corrected chi connectivity index (χ3v) is 5.71. The van der Waals surface area contributed by atoms with Crippen LogP contribution in [0.4, 0.5) is 0 Å². The molecular weight excluding hydrogens is 356 g/mol. The molecule has 0 saturated carbocycles. The molecule has 6 heteroatoms. The number of thioether (sulfide) groups is 1. The van der Waals surface area contributed by atoms with Gasteiger partial charge < -0.3 is 10.5 Å². The first-order valence-electron chi connectivity index (χ1n) is 8.73. The van der Waals surface area contributed by atoms with Crippen molar-refractivity contribution in [2.24, 2.45) is 10.7 Å². The molecule has 3 aromatic rings. The highest BCUT2D eigenvalue weighted by atomic mass is 32.2. The molecule has 2 heterocycles. The molecule has 27 heavy (non-hydrogen) atoms. The van der Waals surface area contributed by atoms with Crippen LogP contribution >= 0.6 is 11.8 Å². The monoisotopic (exact) mass is 376 g/mol. The lowest BCUT2D eigenvalue weighted by atomic mass is 9.96.